The fourth-order valence-corrected chi connectivity index (χ4v) is 2.23. The van der Waals surface area contributed by atoms with Crippen LogP contribution in [0.2, 0.25) is 0 Å². The van der Waals surface area contributed by atoms with Gasteiger partial charge < -0.3 is 10.8 Å². The average Bonchev–Trinajstić information content (AvgIpc) is 2.60. The first-order valence-electron chi connectivity index (χ1n) is 4.04. The number of carbonyl (C=O) groups is 1. The number of hydrogen-bond donors (Lipinski definition) is 2. The normalized spacial score (nSPS) is 10.6. The van der Waals surface area contributed by atoms with Crippen molar-refractivity contribution in [2.24, 2.45) is 5.73 Å². The van der Waals surface area contributed by atoms with Crippen LogP contribution in [0.4, 0.5) is 0 Å². The molecule has 0 saturated heterocycles. The van der Waals surface area contributed by atoms with Crippen molar-refractivity contribution in [3.8, 4) is 0 Å². The summed E-state index contributed by atoms with van der Waals surface area (Å²) in [5.41, 5.74) is 6.58. The number of aromatic carboxylic acids is 1. The van der Waals surface area contributed by atoms with Crippen molar-refractivity contribution in [3.05, 3.63) is 29.5 Å². The monoisotopic (exact) mass is 208 g/mol. The van der Waals surface area contributed by atoms with Gasteiger partial charge in [0.2, 0.25) is 0 Å². The molecule has 0 spiro atoms. The Kier molecular flexibility index (Phi) is 2.18. The molecule has 0 aliphatic rings. The number of fused-ring (bicyclic) bond motifs is 1. The standard InChI is InChI=1S/C9H8N2O2S/c10-4-5-2-1-3-6-7(9(12)13)11-14-8(5)6/h1-3H,4,10H2,(H,12,13). The van der Waals surface area contributed by atoms with E-state index in [1.807, 2.05) is 6.07 Å². The van der Waals surface area contributed by atoms with Gasteiger partial charge in [-0.15, -0.1) is 0 Å². The highest BCUT2D eigenvalue weighted by molar-refractivity contribution is 7.13. The van der Waals surface area contributed by atoms with E-state index < -0.39 is 5.97 Å². The third-order valence-electron chi connectivity index (χ3n) is 2.00. The third-order valence-corrected chi connectivity index (χ3v) is 2.94. The Balaban J connectivity index is 2.75. The zero-order valence-corrected chi connectivity index (χ0v) is 8.04. The molecule has 5 heteroatoms. The van der Waals surface area contributed by atoms with Crippen molar-refractivity contribution in [2.45, 2.75) is 6.54 Å². The summed E-state index contributed by atoms with van der Waals surface area (Å²) in [6, 6.07) is 5.43. The summed E-state index contributed by atoms with van der Waals surface area (Å²) in [7, 11) is 0. The van der Waals surface area contributed by atoms with Crippen LogP contribution >= 0.6 is 11.5 Å². The molecule has 0 aliphatic carbocycles. The van der Waals surface area contributed by atoms with E-state index in [4.69, 9.17) is 10.8 Å². The number of aromatic nitrogens is 1. The van der Waals surface area contributed by atoms with Gasteiger partial charge in [0, 0.05) is 11.9 Å². The molecule has 1 aromatic carbocycles. The van der Waals surface area contributed by atoms with E-state index in [0.29, 0.717) is 11.9 Å². The first-order valence-corrected chi connectivity index (χ1v) is 4.82. The van der Waals surface area contributed by atoms with Crippen LogP contribution in [-0.2, 0) is 6.54 Å². The number of hydrogen-bond acceptors (Lipinski definition) is 4. The smallest absolute Gasteiger partial charge is 0.356 e. The van der Waals surface area contributed by atoms with Crippen molar-refractivity contribution in [1.82, 2.24) is 4.37 Å². The van der Waals surface area contributed by atoms with Gasteiger partial charge in [0.05, 0.1) is 4.70 Å². The van der Waals surface area contributed by atoms with Crippen LogP contribution in [0.3, 0.4) is 0 Å². The molecule has 0 fully saturated rings. The van der Waals surface area contributed by atoms with Crippen LogP contribution in [0.1, 0.15) is 16.1 Å². The van der Waals surface area contributed by atoms with Crippen LogP contribution in [0.5, 0.6) is 0 Å². The molecule has 0 saturated carbocycles. The molecular formula is C9H8N2O2S. The van der Waals surface area contributed by atoms with Crippen molar-refractivity contribution in [3.63, 3.8) is 0 Å². The second-order valence-corrected chi connectivity index (χ2v) is 3.61. The zero-order chi connectivity index (χ0) is 10.1. The van der Waals surface area contributed by atoms with Gasteiger partial charge in [0.1, 0.15) is 0 Å². The second kappa shape index (κ2) is 3.36. The largest absolute Gasteiger partial charge is 0.476 e. The minimum absolute atomic E-state index is 0.111. The molecule has 0 atom stereocenters. The lowest BCUT2D eigenvalue weighted by atomic mass is 10.1. The van der Waals surface area contributed by atoms with E-state index >= 15 is 0 Å². The number of benzene rings is 1. The number of carboxylic acid groups (broad SMARTS) is 1. The lowest BCUT2D eigenvalue weighted by Crippen LogP contribution is -1.98. The number of nitrogens with zero attached hydrogens (tertiary/aromatic N) is 1. The van der Waals surface area contributed by atoms with Crippen LogP contribution in [-0.4, -0.2) is 15.4 Å². The van der Waals surface area contributed by atoms with Gasteiger partial charge >= 0.3 is 5.97 Å². The molecular weight excluding hydrogens is 200 g/mol. The molecule has 0 radical (unpaired) electrons. The van der Waals surface area contributed by atoms with E-state index in [9.17, 15) is 4.79 Å². The second-order valence-electron chi connectivity index (χ2n) is 2.83. The van der Waals surface area contributed by atoms with Gasteiger partial charge in [0.25, 0.3) is 0 Å². The first kappa shape index (κ1) is 9.11. The maximum absolute atomic E-state index is 10.8. The number of carboxylic acids is 1. The molecule has 3 N–H and O–H groups in total. The Morgan fingerprint density at radius 1 is 1.57 bits per heavy atom. The Bertz CT molecular complexity index is 493. The minimum atomic E-state index is -0.995. The summed E-state index contributed by atoms with van der Waals surface area (Å²) in [4.78, 5) is 10.8. The van der Waals surface area contributed by atoms with E-state index in [2.05, 4.69) is 4.37 Å². The van der Waals surface area contributed by atoms with Crippen molar-refractivity contribution in [2.75, 3.05) is 0 Å². The summed E-state index contributed by atoms with van der Waals surface area (Å²) in [5, 5.41) is 9.52. The maximum atomic E-state index is 10.8. The van der Waals surface area contributed by atoms with Crippen molar-refractivity contribution < 1.29 is 9.90 Å². The lowest BCUT2D eigenvalue weighted by Gasteiger charge is -1.96. The van der Waals surface area contributed by atoms with E-state index in [0.717, 1.165) is 10.3 Å². The molecule has 0 amide bonds. The van der Waals surface area contributed by atoms with Crippen molar-refractivity contribution in [1.29, 1.82) is 0 Å². The van der Waals surface area contributed by atoms with E-state index in [1.54, 1.807) is 12.1 Å². The molecule has 2 aromatic rings. The molecule has 2 rings (SSSR count). The fourth-order valence-electron chi connectivity index (χ4n) is 1.33. The molecule has 4 nitrogen and oxygen atoms in total. The SMILES string of the molecule is NCc1cccc2c(C(=O)O)nsc12. The quantitative estimate of drug-likeness (QED) is 0.783. The van der Waals surface area contributed by atoms with E-state index in [1.165, 1.54) is 11.5 Å². The number of rotatable bonds is 2. The van der Waals surface area contributed by atoms with Crippen molar-refractivity contribution >= 4 is 27.6 Å². The predicted octanol–water partition coefficient (Wildman–Crippen LogP) is 1.45. The van der Waals surface area contributed by atoms with E-state index in [-0.39, 0.29) is 5.69 Å². The van der Waals surface area contributed by atoms with Gasteiger partial charge in [-0.3, -0.25) is 0 Å². The summed E-state index contributed by atoms with van der Waals surface area (Å²) in [6.45, 7) is 0.401. The molecule has 0 aliphatic heterocycles. The minimum Gasteiger partial charge on any atom is -0.476 e. The molecule has 0 bridgehead atoms. The fraction of sp³-hybridized carbons (Fsp3) is 0.111. The van der Waals surface area contributed by atoms with Gasteiger partial charge in [0.15, 0.2) is 5.69 Å². The van der Waals surface area contributed by atoms with Gasteiger partial charge in [-0.25, -0.2) is 4.79 Å². The molecule has 0 unspecified atom stereocenters. The summed E-state index contributed by atoms with van der Waals surface area (Å²) < 4.78 is 4.76. The third kappa shape index (κ3) is 1.26. The van der Waals surface area contributed by atoms with Gasteiger partial charge in [-0.05, 0) is 17.1 Å². The van der Waals surface area contributed by atoms with Gasteiger partial charge in [-0.1, -0.05) is 18.2 Å². The van der Waals surface area contributed by atoms with Crippen LogP contribution < -0.4 is 5.73 Å². The highest BCUT2D eigenvalue weighted by atomic mass is 32.1. The topological polar surface area (TPSA) is 76.2 Å². The Morgan fingerprint density at radius 3 is 3.00 bits per heavy atom. The Labute approximate surface area is 84.1 Å². The molecule has 1 aromatic heterocycles. The highest BCUT2D eigenvalue weighted by Gasteiger charge is 2.13. The number of nitrogens with two attached hydrogens (primary N) is 1. The Hall–Kier alpha value is -1.46. The first-order chi connectivity index (χ1) is 6.74. The molecule has 14 heavy (non-hydrogen) atoms. The molecule has 72 valence electrons. The average molecular weight is 208 g/mol. The summed E-state index contributed by atoms with van der Waals surface area (Å²) in [6.07, 6.45) is 0. The van der Waals surface area contributed by atoms with Crippen LogP contribution in [0.15, 0.2) is 18.2 Å². The summed E-state index contributed by atoms with van der Waals surface area (Å²) in [5.74, 6) is -0.995. The summed E-state index contributed by atoms with van der Waals surface area (Å²) >= 11 is 1.18. The van der Waals surface area contributed by atoms with Gasteiger partial charge in [-0.2, -0.15) is 4.37 Å². The van der Waals surface area contributed by atoms with Crippen LogP contribution in [0, 0.1) is 0 Å². The molecule has 1 heterocycles. The lowest BCUT2D eigenvalue weighted by molar-refractivity contribution is 0.0694. The zero-order valence-electron chi connectivity index (χ0n) is 7.23. The maximum Gasteiger partial charge on any atom is 0.356 e. The highest BCUT2D eigenvalue weighted by Crippen LogP contribution is 2.25. The Morgan fingerprint density at radius 2 is 2.36 bits per heavy atom. The van der Waals surface area contributed by atoms with Crippen LogP contribution in [0.25, 0.3) is 10.1 Å². The predicted molar refractivity (Wildman–Crippen MR) is 54.5 cm³/mol.